The molecule has 2 heterocycles. The predicted octanol–water partition coefficient (Wildman–Crippen LogP) is 5.53. The number of carbonyl (C=O) groups excluding carboxylic acids is 1. The first-order valence-corrected chi connectivity index (χ1v) is 10.8. The zero-order valence-corrected chi connectivity index (χ0v) is 17.9. The summed E-state index contributed by atoms with van der Waals surface area (Å²) in [6, 6.07) is 19.1. The molecule has 31 heavy (non-hydrogen) atoms. The van der Waals surface area contributed by atoms with Gasteiger partial charge in [0.15, 0.2) is 11.7 Å². The van der Waals surface area contributed by atoms with Crippen molar-refractivity contribution >= 4 is 33.8 Å². The SMILES string of the molecule is CCc1cccc(OCC(=O)Nc2cccc(Nc3nc(-c4ccncc4)cs3)c2)c1. The molecule has 0 saturated heterocycles. The minimum Gasteiger partial charge on any atom is -0.484 e. The lowest BCUT2D eigenvalue weighted by Gasteiger charge is -2.10. The Labute approximate surface area is 185 Å². The van der Waals surface area contributed by atoms with Crippen LogP contribution in [0, 0.1) is 0 Å². The predicted molar refractivity (Wildman–Crippen MR) is 125 cm³/mol. The molecule has 4 aromatic rings. The van der Waals surface area contributed by atoms with Gasteiger partial charge in [0.05, 0.1) is 5.69 Å². The van der Waals surface area contributed by atoms with Gasteiger partial charge in [-0.15, -0.1) is 11.3 Å². The van der Waals surface area contributed by atoms with Crippen molar-refractivity contribution in [2.24, 2.45) is 0 Å². The minimum atomic E-state index is -0.215. The van der Waals surface area contributed by atoms with Crippen LogP contribution in [0.2, 0.25) is 0 Å². The number of amides is 1. The number of aryl methyl sites for hydroxylation is 1. The fourth-order valence-electron chi connectivity index (χ4n) is 2.99. The molecule has 0 atom stereocenters. The highest BCUT2D eigenvalue weighted by Crippen LogP contribution is 2.27. The van der Waals surface area contributed by atoms with Crippen molar-refractivity contribution in [2.75, 3.05) is 17.2 Å². The molecule has 2 aromatic carbocycles. The van der Waals surface area contributed by atoms with Crippen molar-refractivity contribution in [1.82, 2.24) is 9.97 Å². The number of hydrogen-bond donors (Lipinski definition) is 2. The van der Waals surface area contributed by atoms with Crippen LogP contribution in [0.4, 0.5) is 16.5 Å². The van der Waals surface area contributed by atoms with E-state index in [1.807, 2.05) is 66.0 Å². The van der Waals surface area contributed by atoms with Crippen molar-refractivity contribution in [2.45, 2.75) is 13.3 Å². The first-order chi connectivity index (χ1) is 15.2. The first kappa shape index (κ1) is 20.6. The summed E-state index contributed by atoms with van der Waals surface area (Å²) in [6.45, 7) is 2.03. The zero-order valence-electron chi connectivity index (χ0n) is 17.0. The molecule has 0 aliphatic heterocycles. The van der Waals surface area contributed by atoms with Crippen LogP contribution >= 0.6 is 11.3 Å². The Balaban J connectivity index is 1.35. The number of rotatable bonds is 8. The Bertz CT molecular complexity index is 1160. The maximum absolute atomic E-state index is 12.3. The molecule has 2 aromatic heterocycles. The highest BCUT2D eigenvalue weighted by molar-refractivity contribution is 7.14. The standard InChI is InChI=1S/C24H22N4O2S/c1-2-17-5-3-8-21(13-17)30-15-23(29)26-19-6-4-7-20(14-19)27-24-28-22(16-31-24)18-9-11-25-12-10-18/h3-14,16H,2,15H2,1H3,(H,26,29)(H,27,28). The van der Waals surface area contributed by atoms with Crippen LogP contribution in [-0.4, -0.2) is 22.5 Å². The van der Waals surface area contributed by atoms with Crippen LogP contribution in [0.5, 0.6) is 5.75 Å². The van der Waals surface area contributed by atoms with Crippen LogP contribution in [0.1, 0.15) is 12.5 Å². The monoisotopic (exact) mass is 430 g/mol. The lowest BCUT2D eigenvalue weighted by molar-refractivity contribution is -0.118. The Kier molecular flexibility index (Phi) is 6.54. The molecule has 2 N–H and O–H groups in total. The lowest BCUT2D eigenvalue weighted by Crippen LogP contribution is -2.20. The average molecular weight is 431 g/mol. The largest absolute Gasteiger partial charge is 0.484 e. The Morgan fingerprint density at radius 1 is 1.03 bits per heavy atom. The molecule has 0 bridgehead atoms. The van der Waals surface area contributed by atoms with Gasteiger partial charge in [0.2, 0.25) is 0 Å². The molecule has 156 valence electrons. The number of thiazole rings is 1. The van der Waals surface area contributed by atoms with Crippen LogP contribution < -0.4 is 15.4 Å². The molecular formula is C24H22N4O2S. The van der Waals surface area contributed by atoms with Crippen LogP contribution in [0.3, 0.4) is 0 Å². The minimum absolute atomic E-state index is 0.0490. The number of ether oxygens (including phenoxy) is 1. The topological polar surface area (TPSA) is 76.1 Å². The Morgan fingerprint density at radius 3 is 2.68 bits per heavy atom. The second-order valence-electron chi connectivity index (χ2n) is 6.82. The second kappa shape index (κ2) is 9.86. The summed E-state index contributed by atoms with van der Waals surface area (Å²) in [4.78, 5) is 20.9. The summed E-state index contributed by atoms with van der Waals surface area (Å²) in [5.41, 5.74) is 4.61. The van der Waals surface area contributed by atoms with Gasteiger partial charge in [-0.1, -0.05) is 25.1 Å². The van der Waals surface area contributed by atoms with Gasteiger partial charge in [-0.25, -0.2) is 4.98 Å². The van der Waals surface area contributed by atoms with E-state index in [2.05, 4.69) is 27.5 Å². The van der Waals surface area contributed by atoms with Crippen molar-refractivity contribution in [1.29, 1.82) is 0 Å². The molecule has 7 heteroatoms. The summed E-state index contributed by atoms with van der Waals surface area (Å²) in [5.74, 6) is 0.479. The van der Waals surface area contributed by atoms with Gasteiger partial charge in [-0.2, -0.15) is 0 Å². The maximum atomic E-state index is 12.3. The molecule has 4 rings (SSSR count). The van der Waals surface area contributed by atoms with E-state index in [0.29, 0.717) is 11.4 Å². The van der Waals surface area contributed by atoms with E-state index >= 15 is 0 Å². The van der Waals surface area contributed by atoms with Gasteiger partial charge < -0.3 is 15.4 Å². The molecule has 0 saturated carbocycles. The van der Waals surface area contributed by atoms with E-state index < -0.39 is 0 Å². The second-order valence-corrected chi connectivity index (χ2v) is 7.68. The van der Waals surface area contributed by atoms with Crippen molar-refractivity contribution < 1.29 is 9.53 Å². The molecular weight excluding hydrogens is 408 g/mol. The molecule has 0 radical (unpaired) electrons. The van der Waals surface area contributed by atoms with Crippen LogP contribution in [0.15, 0.2) is 78.4 Å². The quantitative estimate of drug-likeness (QED) is 0.384. The van der Waals surface area contributed by atoms with E-state index in [1.165, 1.54) is 16.9 Å². The normalized spacial score (nSPS) is 10.5. The lowest BCUT2D eigenvalue weighted by atomic mass is 10.2. The molecule has 6 nitrogen and oxygen atoms in total. The van der Waals surface area contributed by atoms with Gasteiger partial charge in [-0.05, 0) is 54.4 Å². The number of nitrogens with one attached hydrogen (secondary N) is 2. The van der Waals surface area contributed by atoms with E-state index in [1.54, 1.807) is 12.4 Å². The van der Waals surface area contributed by atoms with Crippen molar-refractivity contribution in [3.63, 3.8) is 0 Å². The van der Waals surface area contributed by atoms with E-state index in [4.69, 9.17) is 4.74 Å². The first-order valence-electron chi connectivity index (χ1n) is 9.94. The molecule has 1 amide bonds. The fraction of sp³-hybridized carbons (Fsp3) is 0.125. The third-order valence-corrected chi connectivity index (χ3v) is 5.31. The fourth-order valence-corrected chi connectivity index (χ4v) is 3.73. The third-order valence-electron chi connectivity index (χ3n) is 4.55. The van der Waals surface area contributed by atoms with Crippen molar-refractivity contribution in [3.05, 3.63) is 84.0 Å². The summed E-state index contributed by atoms with van der Waals surface area (Å²) in [6.07, 6.45) is 4.42. The summed E-state index contributed by atoms with van der Waals surface area (Å²) < 4.78 is 5.61. The number of nitrogens with zero attached hydrogens (tertiary/aromatic N) is 2. The van der Waals surface area contributed by atoms with Gasteiger partial charge in [0.25, 0.3) is 5.91 Å². The molecule has 0 spiro atoms. The van der Waals surface area contributed by atoms with Crippen molar-refractivity contribution in [3.8, 4) is 17.0 Å². The van der Waals surface area contributed by atoms with Gasteiger partial charge in [0.1, 0.15) is 5.75 Å². The number of hydrogen-bond acceptors (Lipinski definition) is 6. The average Bonchev–Trinajstić information content (AvgIpc) is 3.27. The van der Waals surface area contributed by atoms with E-state index in [-0.39, 0.29) is 12.5 Å². The number of carbonyl (C=O) groups is 1. The van der Waals surface area contributed by atoms with E-state index in [9.17, 15) is 4.79 Å². The number of anilines is 3. The summed E-state index contributed by atoms with van der Waals surface area (Å²) in [7, 11) is 0. The zero-order chi connectivity index (χ0) is 21.5. The highest BCUT2D eigenvalue weighted by atomic mass is 32.1. The van der Waals surface area contributed by atoms with Crippen LogP contribution in [0.25, 0.3) is 11.3 Å². The van der Waals surface area contributed by atoms with E-state index in [0.717, 1.165) is 28.5 Å². The Hall–Kier alpha value is -3.71. The maximum Gasteiger partial charge on any atom is 0.262 e. The van der Waals surface area contributed by atoms with Gasteiger partial charge in [-0.3, -0.25) is 9.78 Å². The van der Waals surface area contributed by atoms with Gasteiger partial charge in [0, 0.05) is 34.7 Å². The Morgan fingerprint density at radius 2 is 1.84 bits per heavy atom. The summed E-state index contributed by atoms with van der Waals surface area (Å²) >= 11 is 1.52. The number of aromatic nitrogens is 2. The van der Waals surface area contributed by atoms with Gasteiger partial charge >= 0.3 is 0 Å². The molecule has 0 aliphatic rings. The number of benzene rings is 2. The van der Waals surface area contributed by atoms with Crippen LogP contribution in [-0.2, 0) is 11.2 Å². The highest BCUT2D eigenvalue weighted by Gasteiger charge is 2.07. The summed E-state index contributed by atoms with van der Waals surface area (Å²) in [5, 5.41) is 8.92. The molecule has 0 aliphatic carbocycles. The third kappa shape index (κ3) is 5.67. The number of pyridine rings is 1. The smallest absolute Gasteiger partial charge is 0.262 e. The molecule has 0 fully saturated rings. The molecule has 0 unspecified atom stereocenters.